The molecule has 2 nitrogen and oxygen atoms in total. The van der Waals surface area contributed by atoms with Gasteiger partial charge in [0.25, 0.3) is 0 Å². The van der Waals surface area contributed by atoms with E-state index < -0.39 is 0 Å². The SMILES string of the molecule is C=CC(C)=CCC1C2(C)CCC3C(C)(C)CCCC31C(=O)O2. The predicted octanol–water partition coefficient (Wildman–Crippen LogP) is 5.05. The molecular weight excluding hydrogens is 272 g/mol. The van der Waals surface area contributed by atoms with Crippen molar-refractivity contribution in [3.8, 4) is 0 Å². The normalized spacial score (nSPS) is 43.5. The lowest BCUT2D eigenvalue weighted by Crippen LogP contribution is -2.55. The first-order valence-electron chi connectivity index (χ1n) is 8.79. The second-order valence-electron chi connectivity index (χ2n) is 8.62. The molecule has 0 aromatic carbocycles. The van der Waals surface area contributed by atoms with Crippen LogP contribution in [0.3, 0.4) is 0 Å². The van der Waals surface area contributed by atoms with Gasteiger partial charge in [-0.1, -0.05) is 44.6 Å². The molecular formula is C20H30O2. The maximum absolute atomic E-state index is 13.0. The first-order valence-corrected chi connectivity index (χ1v) is 8.79. The predicted molar refractivity (Wildman–Crippen MR) is 89.3 cm³/mol. The molecule has 2 bridgehead atoms. The second kappa shape index (κ2) is 4.97. The fourth-order valence-electron chi connectivity index (χ4n) is 5.76. The average molecular weight is 302 g/mol. The van der Waals surface area contributed by atoms with E-state index in [1.54, 1.807) is 0 Å². The molecule has 2 saturated carbocycles. The molecule has 0 N–H and O–H groups in total. The van der Waals surface area contributed by atoms with Crippen LogP contribution in [0.1, 0.15) is 66.2 Å². The van der Waals surface area contributed by atoms with Crippen molar-refractivity contribution in [2.45, 2.75) is 71.8 Å². The van der Waals surface area contributed by atoms with Crippen LogP contribution in [-0.2, 0) is 9.53 Å². The third kappa shape index (κ3) is 2.02. The minimum atomic E-state index is -0.265. The Balaban J connectivity index is 2.03. The molecule has 4 unspecified atom stereocenters. The Hall–Kier alpha value is -1.05. The van der Waals surface area contributed by atoms with Crippen molar-refractivity contribution in [1.82, 2.24) is 0 Å². The zero-order valence-electron chi connectivity index (χ0n) is 14.6. The van der Waals surface area contributed by atoms with Crippen LogP contribution in [0, 0.1) is 22.7 Å². The molecule has 1 spiro atoms. The Kier molecular flexibility index (Phi) is 3.58. The van der Waals surface area contributed by atoms with Crippen LogP contribution >= 0.6 is 0 Å². The fraction of sp³-hybridized carbons (Fsp3) is 0.750. The summed E-state index contributed by atoms with van der Waals surface area (Å²) in [6.45, 7) is 12.8. The van der Waals surface area contributed by atoms with E-state index in [0.29, 0.717) is 11.8 Å². The van der Waals surface area contributed by atoms with Crippen LogP contribution in [0.4, 0.5) is 0 Å². The zero-order chi connectivity index (χ0) is 16.2. The van der Waals surface area contributed by atoms with E-state index in [0.717, 1.165) is 32.1 Å². The molecule has 3 rings (SSSR count). The largest absolute Gasteiger partial charge is 0.459 e. The van der Waals surface area contributed by atoms with E-state index in [9.17, 15) is 4.79 Å². The topological polar surface area (TPSA) is 26.3 Å². The van der Waals surface area contributed by atoms with Gasteiger partial charge in [0.15, 0.2) is 0 Å². The van der Waals surface area contributed by atoms with Crippen molar-refractivity contribution in [1.29, 1.82) is 0 Å². The number of fused-ring (bicyclic) bond motifs is 1. The van der Waals surface area contributed by atoms with E-state index in [-0.39, 0.29) is 22.4 Å². The van der Waals surface area contributed by atoms with Gasteiger partial charge in [-0.15, -0.1) is 0 Å². The van der Waals surface area contributed by atoms with Gasteiger partial charge in [-0.25, -0.2) is 0 Å². The number of hydrogen-bond acceptors (Lipinski definition) is 2. The first kappa shape index (κ1) is 15.8. The number of rotatable bonds is 3. The number of esters is 1. The third-order valence-corrected chi connectivity index (χ3v) is 6.97. The molecule has 22 heavy (non-hydrogen) atoms. The molecule has 0 aromatic heterocycles. The van der Waals surface area contributed by atoms with Gasteiger partial charge in [-0.3, -0.25) is 4.79 Å². The summed E-state index contributed by atoms with van der Waals surface area (Å²) in [5.41, 5.74) is 0.938. The number of ether oxygens (including phenoxy) is 1. The summed E-state index contributed by atoms with van der Waals surface area (Å²) in [6.07, 6.45) is 10.6. The Morgan fingerprint density at radius 2 is 2.05 bits per heavy atom. The van der Waals surface area contributed by atoms with Crippen LogP contribution < -0.4 is 0 Å². The highest BCUT2D eigenvalue weighted by atomic mass is 16.6. The van der Waals surface area contributed by atoms with E-state index in [1.807, 2.05) is 6.08 Å². The van der Waals surface area contributed by atoms with Crippen molar-refractivity contribution < 1.29 is 9.53 Å². The molecule has 122 valence electrons. The number of hydrogen-bond donors (Lipinski definition) is 0. The maximum Gasteiger partial charge on any atom is 0.313 e. The van der Waals surface area contributed by atoms with Crippen molar-refractivity contribution in [2.75, 3.05) is 0 Å². The standard InChI is InChI=1S/C20H30O2/c1-6-14(2)8-9-16-19(5)13-10-15-18(3,4)11-7-12-20(15,16)17(21)22-19/h6,8,15-16H,1,7,9-13H2,2-5H3. The second-order valence-corrected chi connectivity index (χ2v) is 8.62. The van der Waals surface area contributed by atoms with Crippen LogP contribution in [0.5, 0.6) is 0 Å². The minimum Gasteiger partial charge on any atom is -0.459 e. The number of carbonyl (C=O) groups is 1. The van der Waals surface area contributed by atoms with Gasteiger partial charge in [0, 0.05) is 5.92 Å². The molecule has 4 atom stereocenters. The molecule has 1 aliphatic heterocycles. The Morgan fingerprint density at radius 1 is 1.32 bits per heavy atom. The highest BCUT2D eigenvalue weighted by Crippen LogP contribution is 2.67. The third-order valence-electron chi connectivity index (χ3n) is 6.97. The molecule has 0 amide bonds. The van der Waals surface area contributed by atoms with Crippen LogP contribution in [-0.4, -0.2) is 11.6 Å². The van der Waals surface area contributed by atoms with Crippen molar-refractivity contribution in [3.63, 3.8) is 0 Å². The Labute approximate surface area is 135 Å². The minimum absolute atomic E-state index is 0.0972. The molecule has 1 heterocycles. The van der Waals surface area contributed by atoms with Gasteiger partial charge in [0.1, 0.15) is 5.60 Å². The fourth-order valence-corrected chi connectivity index (χ4v) is 5.76. The van der Waals surface area contributed by atoms with Crippen LogP contribution in [0.2, 0.25) is 0 Å². The summed E-state index contributed by atoms with van der Waals surface area (Å²) in [5.74, 6) is 0.889. The monoisotopic (exact) mass is 302 g/mol. The van der Waals surface area contributed by atoms with E-state index in [4.69, 9.17) is 4.74 Å². The van der Waals surface area contributed by atoms with Gasteiger partial charge in [-0.05, 0) is 57.3 Å². The lowest BCUT2D eigenvalue weighted by atomic mass is 9.46. The van der Waals surface area contributed by atoms with Gasteiger partial charge in [0.05, 0.1) is 5.41 Å². The van der Waals surface area contributed by atoms with E-state index >= 15 is 0 Å². The lowest BCUT2D eigenvalue weighted by molar-refractivity contribution is -0.156. The zero-order valence-corrected chi connectivity index (χ0v) is 14.6. The smallest absolute Gasteiger partial charge is 0.313 e. The number of carbonyl (C=O) groups excluding carboxylic acids is 1. The van der Waals surface area contributed by atoms with Gasteiger partial charge < -0.3 is 4.74 Å². The maximum atomic E-state index is 13.0. The van der Waals surface area contributed by atoms with E-state index in [2.05, 4.69) is 40.3 Å². The lowest BCUT2D eigenvalue weighted by Gasteiger charge is -2.55. The van der Waals surface area contributed by atoms with Crippen molar-refractivity contribution >= 4 is 5.97 Å². The molecule has 3 fully saturated rings. The highest BCUT2D eigenvalue weighted by Gasteiger charge is 2.70. The molecule has 3 aliphatic rings. The van der Waals surface area contributed by atoms with Gasteiger partial charge >= 0.3 is 5.97 Å². The van der Waals surface area contributed by atoms with Crippen molar-refractivity contribution in [2.24, 2.45) is 22.7 Å². The van der Waals surface area contributed by atoms with Gasteiger partial charge in [-0.2, -0.15) is 0 Å². The summed E-state index contributed by atoms with van der Waals surface area (Å²) < 4.78 is 6.01. The van der Waals surface area contributed by atoms with E-state index in [1.165, 1.54) is 12.0 Å². The summed E-state index contributed by atoms with van der Waals surface area (Å²) >= 11 is 0. The summed E-state index contributed by atoms with van der Waals surface area (Å²) in [7, 11) is 0. The molecule has 1 saturated heterocycles. The summed E-state index contributed by atoms with van der Waals surface area (Å²) in [5, 5.41) is 0. The Bertz CT molecular complexity index is 530. The molecule has 2 aliphatic carbocycles. The average Bonchev–Trinajstić information content (AvgIpc) is 2.55. The number of allylic oxidation sites excluding steroid dienone is 3. The highest BCUT2D eigenvalue weighted by molar-refractivity contribution is 5.81. The van der Waals surface area contributed by atoms with Crippen LogP contribution in [0.25, 0.3) is 0 Å². The molecule has 0 radical (unpaired) electrons. The Morgan fingerprint density at radius 3 is 2.73 bits per heavy atom. The summed E-state index contributed by atoms with van der Waals surface area (Å²) in [6, 6.07) is 0. The van der Waals surface area contributed by atoms with Crippen LogP contribution in [0.15, 0.2) is 24.3 Å². The molecule has 2 heteroatoms. The molecule has 0 aromatic rings. The quantitative estimate of drug-likeness (QED) is 0.539. The van der Waals surface area contributed by atoms with Gasteiger partial charge in [0.2, 0.25) is 0 Å². The summed E-state index contributed by atoms with van der Waals surface area (Å²) in [4.78, 5) is 13.0. The first-order chi connectivity index (χ1) is 10.3. The van der Waals surface area contributed by atoms with Crippen molar-refractivity contribution in [3.05, 3.63) is 24.3 Å².